The third-order valence-corrected chi connectivity index (χ3v) is 8.27. The molecule has 1 atom stereocenters. The number of anilines is 2. The second-order valence-electron chi connectivity index (χ2n) is 9.72. The third-order valence-electron chi connectivity index (χ3n) is 6.93. The van der Waals surface area contributed by atoms with Crippen LogP contribution in [0.5, 0.6) is 0 Å². The van der Waals surface area contributed by atoms with Gasteiger partial charge in [-0.25, -0.2) is 26.4 Å². The minimum atomic E-state index is -4.05. The van der Waals surface area contributed by atoms with Crippen molar-refractivity contribution in [2.75, 3.05) is 36.0 Å². The van der Waals surface area contributed by atoms with Gasteiger partial charge in [0.2, 0.25) is 0 Å². The molecule has 1 unspecified atom stereocenters. The monoisotopic (exact) mass is 569 g/mol. The Morgan fingerprint density at radius 1 is 0.900 bits per heavy atom. The van der Waals surface area contributed by atoms with E-state index >= 15 is 0 Å². The summed E-state index contributed by atoms with van der Waals surface area (Å²) in [6, 6.07) is 14.5. The number of carbonyl (C=O) groups excluding carboxylic acids is 1. The molecule has 4 aromatic rings. The van der Waals surface area contributed by atoms with E-state index in [1.165, 1.54) is 18.3 Å². The van der Waals surface area contributed by atoms with Gasteiger partial charge in [-0.1, -0.05) is 0 Å². The number of β-amino-alcohol motifs (C(OH)–C–C–N with tert-alkyl or cyclic N) is 1. The molecular weight excluding hydrogens is 540 g/mol. The molecule has 0 saturated carbocycles. The second kappa shape index (κ2) is 11.6. The number of aromatic nitrogens is 2. The number of hydrogen-bond donors (Lipinski definition) is 2. The molecule has 2 N–H and O–H groups in total. The van der Waals surface area contributed by atoms with Crippen molar-refractivity contribution >= 4 is 32.8 Å². The van der Waals surface area contributed by atoms with Crippen LogP contribution in [0.25, 0.3) is 5.52 Å². The quantitative estimate of drug-likeness (QED) is 0.378. The van der Waals surface area contributed by atoms with Crippen molar-refractivity contribution in [3.63, 3.8) is 0 Å². The Balaban J connectivity index is 0.000000348. The smallest absolute Gasteiger partial charge is 0.268 e. The van der Waals surface area contributed by atoms with Crippen LogP contribution in [-0.4, -0.2) is 61.3 Å². The lowest BCUT2D eigenvalue weighted by atomic mass is 10.2. The van der Waals surface area contributed by atoms with Crippen molar-refractivity contribution in [1.82, 2.24) is 14.3 Å². The molecule has 2 aromatic heterocycles. The summed E-state index contributed by atoms with van der Waals surface area (Å²) in [6.45, 7) is 3.17. The topological polar surface area (TPSA) is 107 Å². The minimum Gasteiger partial charge on any atom is -0.391 e. The van der Waals surface area contributed by atoms with Crippen molar-refractivity contribution in [1.29, 1.82) is 0 Å². The van der Waals surface area contributed by atoms with E-state index in [-0.39, 0.29) is 16.6 Å². The highest BCUT2D eigenvalue weighted by Crippen LogP contribution is 2.25. The van der Waals surface area contributed by atoms with E-state index in [9.17, 15) is 27.1 Å². The predicted octanol–water partition coefficient (Wildman–Crippen LogP) is 3.59. The molecule has 2 fully saturated rings. The van der Waals surface area contributed by atoms with Gasteiger partial charge in [0.25, 0.3) is 15.9 Å². The normalized spacial score (nSPS) is 17.1. The highest BCUT2D eigenvalue weighted by molar-refractivity contribution is 7.90. The van der Waals surface area contributed by atoms with Crippen molar-refractivity contribution in [2.45, 2.75) is 30.3 Å². The molecule has 9 nitrogen and oxygen atoms in total. The first-order chi connectivity index (χ1) is 19.2. The number of aliphatic hydroxyl groups is 1. The summed E-state index contributed by atoms with van der Waals surface area (Å²) in [5.41, 5.74) is 2.60. The SMILES string of the molecule is Fc1ccc(F)cc1.O=C(NS(=O)(=O)c1ccc(N2CCC(O)C2)cc1)c1cnn2ccc(N3CCCC3)cc12. The summed E-state index contributed by atoms with van der Waals surface area (Å²) in [6.07, 6.45) is 5.75. The highest BCUT2D eigenvalue weighted by Gasteiger charge is 2.24. The Bertz CT molecular complexity index is 1570. The summed E-state index contributed by atoms with van der Waals surface area (Å²) in [7, 11) is -4.05. The van der Waals surface area contributed by atoms with Gasteiger partial charge >= 0.3 is 0 Å². The summed E-state index contributed by atoms with van der Waals surface area (Å²) in [4.78, 5) is 17.1. The third kappa shape index (κ3) is 6.23. The molecule has 2 aliphatic heterocycles. The summed E-state index contributed by atoms with van der Waals surface area (Å²) < 4.78 is 53.2. The molecule has 40 heavy (non-hydrogen) atoms. The number of halogens is 2. The number of nitrogens with zero attached hydrogens (tertiary/aromatic N) is 4. The lowest BCUT2D eigenvalue weighted by molar-refractivity contribution is 0.0983. The summed E-state index contributed by atoms with van der Waals surface area (Å²) in [5, 5.41) is 13.9. The maximum Gasteiger partial charge on any atom is 0.268 e. The molecule has 6 rings (SSSR count). The second-order valence-corrected chi connectivity index (χ2v) is 11.4. The van der Waals surface area contributed by atoms with Gasteiger partial charge < -0.3 is 14.9 Å². The highest BCUT2D eigenvalue weighted by atomic mass is 32.2. The zero-order valence-electron chi connectivity index (χ0n) is 21.6. The van der Waals surface area contributed by atoms with Gasteiger partial charge in [-0.05, 0) is 79.9 Å². The van der Waals surface area contributed by atoms with Crippen molar-refractivity contribution < 1.29 is 27.1 Å². The number of sulfonamides is 1. The first-order valence-electron chi connectivity index (χ1n) is 12.9. The number of pyridine rings is 1. The van der Waals surface area contributed by atoms with Gasteiger partial charge in [0, 0.05) is 43.8 Å². The summed E-state index contributed by atoms with van der Waals surface area (Å²) in [5.74, 6) is -1.54. The van der Waals surface area contributed by atoms with Gasteiger partial charge in [-0.2, -0.15) is 5.10 Å². The number of benzene rings is 2. The molecule has 210 valence electrons. The lowest BCUT2D eigenvalue weighted by Gasteiger charge is -2.18. The van der Waals surface area contributed by atoms with E-state index in [4.69, 9.17) is 0 Å². The fourth-order valence-corrected chi connectivity index (χ4v) is 5.76. The lowest BCUT2D eigenvalue weighted by Crippen LogP contribution is -2.30. The molecular formula is C28H29F2N5O4S. The number of fused-ring (bicyclic) bond motifs is 1. The summed E-state index contributed by atoms with van der Waals surface area (Å²) >= 11 is 0. The zero-order valence-corrected chi connectivity index (χ0v) is 22.4. The Labute approximate surface area is 230 Å². The maximum atomic E-state index is 12.9. The average Bonchev–Trinajstić information content (AvgIpc) is 3.71. The molecule has 12 heteroatoms. The van der Waals surface area contributed by atoms with E-state index < -0.39 is 27.6 Å². The molecule has 1 amide bonds. The van der Waals surface area contributed by atoms with E-state index in [0.717, 1.165) is 68.1 Å². The fourth-order valence-electron chi connectivity index (χ4n) is 4.79. The van der Waals surface area contributed by atoms with Crippen molar-refractivity contribution in [3.8, 4) is 0 Å². The Hall–Kier alpha value is -4.03. The zero-order chi connectivity index (χ0) is 28.3. The van der Waals surface area contributed by atoms with E-state index in [1.54, 1.807) is 22.8 Å². The van der Waals surface area contributed by atoms with Crippen LogP contribution in [0.15, 0.2) is 78.0 Å². The number of amides is 1. The Morgan fingerprint density at radius 2 is 1.55 bits per heavy atom. The molecule has 2 aliphatic rings. The van der Waals surface area contributed by atoms with Crippen LogP contribution in [0.1, 0.15) is 29.6 Å². The predicted molar refractivity (Wildman–Crippen MR) is 147 cm³/mol. The van der Waals surface area contributed by atoms with E-state index in [2.05, 4.69) is 14.7 Å². The standard InChI is InChI=1S/C22H25N5O4S.C6H4F2/c28-18-8-11-26(15-18)16-3-5-19(6-4-16)32(30,31)24-22(29)20-14-23-27-12-7-17(13-21(20)27)25-9-1-2-10-25;7-5-1-2-6(8)4-3-5/h3-7,12-14,18,28H,1-2,8-11,15H2,(H,24,29);1-4H. The van der Waals surface area contributed by atoms with Crippen LogP contribution in [0.3, 0.4) is 0 Å². The van der Waals surface area contributed by atoms with Crippen LogP contribution >= 0.6 is 0 Å². The molecule has 0 radical (unpaired) electrons. The van der Waals surface area contributed by atoms with Gasteiger partial charge in [0.15, 0.2) is 0 Å². The maximum absolute atomic E-state index is 12.9. The molecule has 2 saturated heterocycles. The first-order valence-corrected chi connectivity index (χ1v) is 14.4. The van der Waals surface area contributed by atoms with Crippen LogP contribution in [0.2, 0.25) is 0 Å². The van der Waals surface area contributed by atoms with E-state index in [0.29, 0.717) is 18.5 Å². The molecule has 0 aliphatic carbocycles. The van der Waals surface area contributed by atoms with Crippen molar-refractivity contribution in [2.24, 2.45) is 0 Å². The molecule has 0 spiro atoms. The number of carbonyl (C=O) groups is 1. The van der Waals surface area contributed by atoms with E-state index in [1.807, 2.05) is 17.0 Å². The van der Waals surface area contributed by atoms with Crippen molar-refractivity contribution in [3.05, 3.63) is 90.3 Å². The first kappa shape index (κ1) is 27.5. The van der Waals surface area contributed by atoms with Crippen LogP contribution in [0, 0.1) is 11.6 Å². The number of nitrogens with one attached hydrogen (secondary N) is 1. The molecule has 4 heterocycles. The number of aliphatic hydroxyl groups excluding tert-OH is 1. The Kier molecular flexibility index (Phi) is 7.99. The largest absolute Gasteiger partial charge is 0.391 e. The van der Waals surface area contributed by atoms with Crippen LogP contribution < -0.4 is 14.5 Å². The van der Waals surface area contributed by atoms with Crippen LogP contribution in [-0.2, 0) is 10.0 Å². The number of hydrogen-bond acceptors (Lipinski definition) is 7. The number of rotatable bonds is 5. The van der Waals surface area contributed by atoms with Gasteiger partial charge in [0.05, 0.1) is 28.3 Å². The van der Waals surface area contributed by atoms with Gasteiger partial charge in [0.1, 0.15) is 11.6 Å². The molecule has 2 aromatic carbocycles. The Morgan fingerprint density at radius 3 is 2.15 bits per heavy atom. The molecule has 0 bridgehead atoms. The average molecular weight is 570 g/mol. The minimum absolute atomic E-state index is 0.00331. The van der Waals surface area contributed by atoms with Gasteiger partial charge in [-0.3, -0.25) is 4.79 Å². The van der Waals surface area contributed by atoms with Gasteiger partial charge in [-0.15, -0.1) is 0 Å². The fraction of sp³-hybridized carbons (Fsp3) is 0.286. The van der Waals surface area contributed by atoms with Crippen LogP contribution in [0.4, 0.5) is 20.2 Å².